The van der Waals surface area contributed by atoms with Crippen LogP contribution < -0.4 is 15.4 Å². The normalized spacial score (nSPS) is 10.1. The lowest BCUT2D eigenvalue weighted by molar-refractivity contribution is -0.384. The molecule has 17 heavy (non-hydrogen) atoms. The summed E-state index contributed by atoms with van der Waals surface area (Å²) in [6, 6.07) is 4.69. The first-order valence-corrected chi connectivity index (χ1v) is 5.33. The van der Waals surface area contributed by atoms with E-state index in [2.05, 4.69) is 0 Å². The molecule has 0 aromatic heterocycles. The van der Waals surface area contributed by atoms with E-state index < -0.39 is 4.92 Å². The highest BCUT2D eigenvalue weighted by Crippen LogP contribution is 2.31. The lowest BCUT2D eigenvalue weighted by atomic mass is 10.2. The van der Waals surface area contributed by atoms with E-state index in [9.17, 15) is 10.1 Å². The number of nitrogens with two attached hydrogens (primary N) is 1. The molecule has 0 spiro atoms. The molecule has 0 saturated heterocycles. The lowest BCUT2D eigenvalue weighted by Gasteiger charge is -2.19. The Morgan fingerprint density at radius 3 is 2.76 bits per heavy atom. The highest BCUT2D eigenvalue weighted by atomic mass is 16.6. The van der Waals surface area contributed by atoms with Crippen molar-refractivity contribution in [2.75, 3.05) is 32.1 Å². The zero-order valence-corrected chi connectivity index (χ0v) is 10.0. The molecule has 6 nitrogen and oxygen atoms in total. The molecule has 0 bridgehead atoms. The van der Waals surface area contributed by atoms with Crippen molar-refractivity contribution in [1.82, 2.24) is 0 Å². The maximum absolute atomic E-state index is 10.9. The molecule has 1 aromatic rings. The summed E-state index contributed by atoms with van der Waals surface area (Å²) in [6.07, 6.45) is 0.783. The average molecular weight is 239 g/mol. The Hall–Kier alpha value is -1.82. The van der Waals surface area contributed by atoms with Crippen LogP contribution >= 0.6 is 0 Å². The van der Waals surface area contributed by atoms with E-state index in [-0.39, 0.29) is 5.69 Å². The molecule has 0 amide bonds. The van der Waals surface area contributed by atoms with Gasteiger partial charge in [-0.15, -0.1) is 0 Å². The van der Waals surface area contributed by atoms with Crippen LogP contribution in [0.2, 0.25) is 0 Å². The van der Waals surface area contributed by atoms with Gasteiger partial charge >= 0.3 is 0 Å². The molecular formula is C11H17N3O3. The Kier molecular flexibility index (Phi) is 4.71. The molecule has 2 N–H and O–H groups in total. The second-order valence-electron chi connectivity index (χ2n) is 3.68. The Morgan fingerprint density at radius 2 is 2.24 bits per heavy atom. The second-order valence-corrected chi connectivity index (χ2v) is 3.68. The molecule has 0 fully saturated rings. The standard InChI is InChI=1S/C11H17N3O3/c1-13(7-3-6-12)11-8-9(17-2)4-5-10(11)14(15)16/h4-5,8H,3,6-7,12H2,1-2H3. The van der Waals surface area contributed by atoms with E-state index in [1.165, 1.54) is 13.2 Å². The molecule has 1 aromatic carbocycles. The van der Waals surface area contributed by atoms with E-state index in [0.717, 1.165) is 6.42 Å². The van der Waals surface area contributed by atoms with Crippen LogP contribution in [0.4, 0.5) is 11.4 Å². The molecule has 0 aliphatic heterocycles. The number of nitrogens with zero attached hydrogens (tertiary/aromatic N) is 2. The first kappa shape index (κ1) is 13.2. The van der Waals surface area contributed by atoms with Crippen LogP contribution in [0.5, 0.6) is 5.75 Å². The number of anilines is 1. The predicted octanol–water partition coefficient (Wildman–Crippen LogP) is 1.39. The highest BCUT2D eigenvalue weighted by Gasteiger charge is 2.17. The van der Waals surface area contributed by atoms with Gasteiger partial charge in [0, 0.05) is 25.7 Å². The Bertz CT molecular complexity index is 396. The monoisotopic (exact) mass is 239 g/mol. The largest absolute Gasteiger partial charge is 0.497 e. The van der Waals surface area contributed by atoms with Crippen LogP contribution in [0.3, 0.4) is 0 Å². The fourth-order valence-electron chi connectivity index (χ4n) is 1.54. The molecule has 6 heteroatoms. The number of hydrogen-bond donors (Lipinski definition) is 1. The van der Waals surface area contributed by atoms with E-state index in [4.69, 9.17) is 10.5 Å². The summed E-state index contributed by atoms with van der Waals surface area (Å²) >= 11 is 0. The number of nitro groups is 1. The van der Waals surface area contributed by atoms with Crippen molar-refractivity contribution in [3.63, 3.8) is 0 Å². The minimum atomic E-state index is -0.395. The Morgan fingerprint density at radius 1 is 1.53 bits per heavy atom. The average Bonchev–Trinajstić information content (AvgIpc) is 2.34. The summed E-state index contributed by atoms with van der Waals surface area (Å²) < 4.78 is 5.07. The molecule has 0 radical (unpaired) electrons. The summed E-state index contributed by atoms with van der Waals surface area (Å²) in [5.74, 6) is 0.602. The fourth-order valence-corrected chi connectivity index (χ4v) is 1.54. The number of methoxy groups -OCH3 is 1. The Balaban J connectivity index is 3.03. The van der Waals surface area contributed by atoms with E-state index in [1.54, 1.807) is 19.2 Å². The number of rotatable bonds is 6. The molecule has 0 saturated carbocycles. The van der Waals surface area contributed by atoms with E-state index in [0.29, 0.717) is 24.5 Å². The van der Waals surface area contributed by atoms with Crippen LogP contribution in [-0.4, -0.2) is 32.2 Å². The fraction of sp³-hybridized carbons (Fsp3) is 0.455. The first-order valence-electron chi connectivity index (χ1n) is 5.33. The zero-order valence-electron chi connectivity index (χ0n) is 10.0. The van der Waals surface area contributed by atoms with Crippen LogP contribution in [-0.2, 0) is 0 Å². The van der Waals surface area contributed by atoms with Crippen molar-refractivity contribution in [2.24, 2.45) is 5.73 Å². The first-order chi connectivity index (χ1) is 8.10. The lowest BCUT2D eigenvalue weighted by Crippen LogP contribution is -2.21. The van der Waals surface area contributed by atoms with Gasteiger partial charge in [-0.2, -0.15) is 0 Å². The third kappa shape index (κ3) is 3.32. The third-order valence-corrected chi connectivity index (χ3v) is 2.49. The quantitative estimate of drug-likeness (QED) is 0.599. The van der Waals surface area contributed by atoms with Gasteiger partial charge in [0.2, 0.25) is 0 Å². The van der Waals surface area contributed by atoms with E-state index in [1.807, 2.05) is 4.90 Å². The zero-order chi connectivity index (χ0) is 12.8. The van der Waals surface area contributed by atoms with Crippen LogP contribution in [0.1, 0.15) is 6.42 Å². The third-order valence-electron chi connectivity index (χ3n) is 2.49. The second kappa shape index (κ2) is 6.05. The topological polar surface area (TPSA) is 81.6 Å². The van der Waals surface area contributed by atoms with Gasteiger partial charge in [0.25, 0.3) is 5.69 Å². The van der Waals surface area contributed by atoms with Crippen molar-refractivity contribution >= 4 is 11.4 Å². The van der Waals surface area contributed by atoms with Crippen molar-refractivity contribution in [3.05, 3.63) is 28.3 Å². The van der Waals surface area contributed by atoms with Gasteiger partial charge in [0.1, 0.15) is 11.4 Å². The van der Waals surface area contributed by atoms with Crippen LogP contribution in [0.25, 0.3) is 0 Å². The maximum Gasteiger partial charge on any atom is 0.292 e. The number of hydrogen-bond acceptors (Lipinski definition) is 5. The van der Waals surface area contributed by atoms with E-state index >= 15 is 0 Å². The molecule has 0 heterocycles. The summed E-state index contributed by atoms with van der Waals surface area (Å²) in [6.45, 7) is 1.23. The molecule has 0 aliphatic rings. The van der Waals surface area contributed by atoms with Gasteiger partial charge in [-0.05, 0) is 19.0 Å². The molecule has 0 aliphatic carbocycles. The summed E-state index contributed by atoms with van der Waals surface area (Å²) in [7, 11) is 3.34. The molecular weight excluding hydrogens is 222 g/mol. The number of nitro benzene ring substituents is 1. The van der Waals surface area contributed by atoms with Gasteiger partial charge < -0.3 is 15.4 Å². The number of ether oxygens (including phenoxy) is 1. The van der Waals surface area contributed by atoms with Crippen molar-refractivity contribution in [3.8, 4) is 5.75 Å². The SMILES string of the molecule is COc1ccc([N+](=O)[O-])c(N(C)CCCN)c1. The van der Waals surface area contributed by atoms with Crippen LogP contribution in [0.15, 0.2) is 18.2 Å². The molecule has 94 valence electrons. The maximum atomic E-state index is 10.9. The summed E-state index contributed by atoms with van der Waals surface area (Å²) in [5, 5.41) is 10.9. The highest BCUT2D eigenvalue weighted by molar-refractivity contribution is 5.65. The smallest absolute Gasteiger partial charge is 0.292 e. The van der Waals surface area contributed by atoms with Crippen molar-refractivity contribution in [1.29, 1.82) is 0 Å². The number of benzene rings is 1. The molecule has 1 rings (SSSR count). The van der Waals surface area contributed by atoms with Crippen molar-refractivity contribution < 1.29 is 9.66 Å². The van der Waals surface area contributed by atoms with Gasteiger partial charge in [0.15, 0.2) is 0 Å². The molecule has 0 unspecified atom stereocenters. The Labute approximate surface area is 100 Å². The van der Waals surface area contributed by atoms with Crippen LogP contribution in [0, 0.1) is 10.1 Å². The minimum absolute atomic E-state index is 0.0744. The summed E-state index contributed by atoms with van der Waals surface area (Å²) in [4.78, 5) is 12.3. The van der Waals surface area contributed by atoms with Gasteiger partial charge in [-0.1, -0.05) is 0 Å². The van der Waals surface area contributed by atoms with Gasteiger partial charge in [0.05, 0.1) is 12.0 Å². The van der Waals surface area contributed by atoms with Gasteiger partial charge in [-0.25, -0.2) is 0 Å². The molecule has 0 atom stereocenters. The summed E-state index contributed by atoms with van der Waals surface area (Å²) in [5.41, 5.74) is 6.04. The minimum Gasteiger partial charge on any atom is -0.497 e. The van der Waals surface area contributed by atoms with Crippen molar-refractivity contribution in [2.45, 2.75) is 6.42 Å². The predicted molar refractivity (Wildman–Crippen MR) is 66.6 cm³/mol. The van der Waals surface area contributed by atoms with Gasteiger partial charge in [-0.3, -0.25) is 10.1 Å².